The topological polar surface area (TPSA) is 77.6 Å². The van der Waals surface area contributed by atoms with Gasteiger partial charge >= 0.3 is 0 Å². The van der Waals surface area contributed by atoms with E-state index in [1.807, 2.05) is 54.6 Å². The third kappa shape index (κ3) is 4.83. The number of phenolic OH excluding ortho intramolecular Hbond substituents is 1. The number of benzene rings is 2. The minimum Gasteiger partial charge on any atom is -0.508 e. The molecule has 3 N–H and O–H groups in total. The molecule has 0 aliphatic carbocycles. The van der Waals surface area contributed by atoms with Crippen LogP contribution in [-0.2, 0) is 16.8 Å². The van der Waals surface area contributed by atoms with Crippen molar-refractivity contribution < 1.29 is 21.9 Å². The van der Waals surface area contributed by atoms with Crippen LogP contribution < -0.4 is 0 Å². The Balaban J connectivity index is 0.00000277. The molecule has 5 nitrogen and oxygen atoms in total. The molecule has 6 heteroatoms. The quantitative estimate of drug-likeness (QED) is 0.204. The van der Waals surface area contributed by atoms with Gasteiger partial charge in [0.25, 0.3) is 0 Å². The molecule has 0 fully saturated rings. The molecule has 0 amide bonds. The summed E-state index contributed by atoms with van der Waals surface area (Å²) in [5.41, 5.74) is 12.7. The maximum atomic E-state index is 10.0. The van der Waals surface area contributed by atoms with Gasteiger partial charge in [-0.3, -0.25) is 0 Å². The van der Waals surface area contributed by atoms with Crippen LogP contribution in [0.1, 0.15) is 28.3 Å². The standard InChI is InChI=1S/C33H24N4O.Co/c1-20-2-4-21(5-3-20)30-19-28-18-26-11-10-24(35-26)16-23-8-9-25(34-23)17-27-12-15-31(36-27)32(33(30)37-28)22-6-13-29(38)14-7-22;/h2-19,34,37-38H,1H3;. The Labute approximate surface area is 235 Å². The van der Waals surface area contributed by atoms with Crippen LogP contribution in [0, 0.1) is 6.92 Å². The first-order chi connectivity index (χ1) is 18.6. The summed E-state index contributed by atoms with van der Waals surface area (Å²) >= 11 is 0. The van der Waals surface area contributed by atoms with E-state index in [9.17, 15) is 5.11 Å². The average molecular weight is 552 g/mol. The minimum atomic E-state index is 0. The maximum Gasteiger partial charge on any atom is 0.115 e. The number of aromatic hydroxyl groups is 1. The zero-order valence-electron chi connectivity index (χ0n) is 21.1. The van der Waals surface area contributed by atoms with E-state index in [1.54, 1.807) is 12.1 Å². The van der Waals surface area contributed by atoms with Crippen LogP contribution in [0.2, 0.25) is 0 Å². The molecule has 2 aliphatic rings. The Hall–Kier alpha value is -4.65. The van der Waals surface area contributed by atoms with Crippen LogP contribution in [0.25, 0.3) is 68.6 Å². The minimum absolute atomic E-state index is 0. The summed E-state index contributed by atoms with van der Waals surface area (Å²) in [5.74, 6) is 0.226. The van der Waals surface area contributed by atoms with Gasteiger partial charge in [0.15, 0.2) is 0 Å². The van der Waals surface area contributed by atoms with Crippen molar-refractivity contribution in [3.8, 4) is 28.0 Å². The van der Waals surface area contributed by atoms with Crippen LogP contribution in [0.3, 0.4) is 0 Å². The van der Waals surface area contributed by atoms with Crippen molar-refractivity contribution in [2.24, 2.45) is 0 Å². The molecule has 3 aromatic heterocycles. The number of phenols is 1. The van der Waals surface area contributed by atoms with Gasteiger partial charge in [-0.25, -0.2) is 9.97 Å². The second-order valence-electron chi connectivity index (χ2n) is 9.65. The molecule has 5 aromatic rings. The fourth-order valence-electron chi connectivity index (χ4n) is 4.99. The van der Waals surface area contributed by atoms with E-state index in [2.05, 4.69) is 59.4 Å². The molecular weight excluding hydrogens is 527 g/mol. The van der Waals surface area contributed by atoms with Gasteiger partial charge in [0.2, 0.25) is 0 Å². The molecule has 191 valence electrons. The average Bonchev–Trinajstić information content (AvgIpc) is 3.71. The smallest absolute Gasteiger partial charge is 0.115 e. The first-order valence-corrected chi connectivity index (χ1v) is 12.6. The molecule has 0 unspecified atom stereocenters. The van der Waals surface area contributed by atoms with Crippen molar-refractivity contribution in [1.29, 1.82) is 0 Å². The molecule has 39 heavy (non-hydrogen) atoms. The van der Waals surface area contributed by atoms with E-state index in [0.29, 0.717) is 0 Å². The Morgan fingerprint density at radius 3 is 1.87 bits per heavy atom. The first-order valence-electron chi connectivity index (χ1n) is 12.6. The number of aromatic nitrogens is 4. The van der Waals surface area contributed by atoms with E-state index in [4.69, 9.17) is 9.97 Å². The largest absolute Gasteiger partial charge is 0.508 e. The van der Waals surface area contributed by atoms with Gasteiger partial charge < -0.3 is 15.1 Å². The normalized spacial score (nSPS) is 11.9. The third-order valence-corrected chi connectivity index (χ3v) is 6.85. The summed E-state index contributed by atoms with van der Waals surface area (Å²) in [6.45, 7) is 2.09. The molecule has 0 saturated heterocycles. The van der Waals surface area contributed by atoms with Crippen molar-refractivity contribution in [3.63, 3.8) is 0 Å². The molecule has 7 rings (SSSR count). The molecule has 0 spiro atoms. The predicted octanol–water partition coefficient (Wildman–Crippen LogP) is 8.00. The maximum absolute atomic E-state index is 10.0. The predicted molar refractivity (Wildman–Crippen MR) is 156 cm³/mol. The summed E-state index contributed by atoms with van der Waals surface area (Å²) in [7, 11) is 0. The molecule has 1 radical (unpaired) electrons. The summed E-state index contributed by atoms with van der Waals surface area (Å²) in [6, 6.07) is 28.3. The van der Waals surface area contributed by atoms with Crippen LogP contribution >= 0.6 is 0 Å². The van der Waals surface area contributed by atoms with E-state index < -0.39 is 0 Å². The van der Waals surface area contributed by atoms with E-state index in [0.717, 1.165) is 67.1 Å². The van der Waals surface area contributed by atoms with Gasteiger partial charge in [0.05, 0.1) is 28.3 Å². The molecule has 5 heterocycles. The van der Waals surface area contributed by atoms with Crippen LogP contribution in [0.5, 0.6) is 5.75 Å². The number of aromatic amines is 2. The Bertz CT molecular complexity index is 1930. The number of hydrogen-bond acceptors (Lipinski definition) is 3. The number of aryl methyl sites for hydroxylation is 1. The number of hydrogen-bond donors (Lipinski definition) is 3. The molecular formula is C33H24CoN4O. The molecule has 2 aliphatic heterocycles. The van der Waals surface area contributed by atoms with Crippen molar-refractivity contribution in [3.05, 3.63) is 113 Å². The number of rotatable bonds is 2. The van der Waals surface area contributed by atoms with Crippen molar-refractivity contribution in [2.75, 3.05) is 0 Å². The summed E-state index contributed by atoms with van der Waals surface area (Å²) in [5, 5.41) is 10.0. The second kappa shape index (κ2) is 9.91. The fourth-order valence-corrected chi connectivity index (χ4v) is 4.99. The van der Waals surface area contributed by atoms with Crippen LogP contribution in [0.4, 0.5) is 0 Å². The van der Waals surface area contributed by atoms with E-state index in [1.165, 1.54) is 5.56 Å². The summed E-state index contributed by atoms with van der Waals surface area (Å²) < 4.78 is 0. The van der Waals surface area contributed by atoms with Gasteiger partial charge in [0, 0.05) is 44.5 Å². The zero-order valence-corrected chi connectivity index (χ0v) is 22.1. The van der Waals surface area contributed by atoms with Crippen LogP contribution in [0.15, 0.2) is 84.9 Å². The number of nitrogens with zero attached hydrogens (tertiary/aromatic N) is 2. The SMILES string of the molecule is Cc1ccc(-c2cc3cc4nc(cc5ccc(cc6nc(c(-c7ccc(O)cc7)c2[nH]3)C=C6)[nH]5)C=C4)cc1.[Co]. The third-order valence-electron chi connectivity index (χ3n) is 6.85. The van der Waals surface area contributed by atoms with Crippen molar-refractivity contribution in [2.45, 2.75) is 6.92 Å². The molecule has 0 saturated carbocycles. The van der Waals surface area contributed by atoms with Gasteiger partial charge in [-0.2, -0.15) is 0 Å². The van der Waals surface area contributed by atoms with Crippen molar-refractivity contribution >= 4 is 46.4 Å². The van der Waals surface area contributed by atoms with Gasteiger partial charge in [-0.05, 0) is 90.9 Å². The van der Waals surface area contributed by atoms with E-state index >= 15 is 0 Å². The van der Waals surface area contributed by atoms with Gasteiger partial charge in [-0.1, -0.05) is 42.0 Å². The van der Waals surface area contributed by atoms with Gasteiger partial charge in [0.1, 0.15) is 5.75 Å². The Morgan fingerprint density at radius 1 is 0.590 bits per heavy atom. The number of fused-ring (bicyclic) bond motifs is 8. The molecule has 8 bridgehead atoms. The van der Waals surface area contributed by atoms with Gasteiger partial charge in [-0.15, -0.1) is 0 Å². The Kier molecular flexibility index (Phi) is 6.27. The summed E-state index contributed by atoms with van der Waals surface area (Å²) in [4.78, 5) is 16.9. The Morgan fingerprint density at radius 2 is 1.18 bits per heavy atom. The molecule has 0 atom stereocenters. The number of H-pyrrole nitrogens is 2. The second-order valence-corrected chi connectivity index (χ2v) is 9.65. The van der Waals surface area contributed by atoms with Crippen molar-refractivity contribution in [1.82, 2.24) is 19.9 Å². The fraction of sp³-hybridized carbons (Fsp3) is 0.0303. The summed E-state index contributed by atoms with van der Waals surface area (Å²) in [6.07, 6.45) is 8.14. The van der Waals surface area contributed by atoms with Crippen LogP contribution in [-0.4, -0.2) is 25.0 Å². The zero-order chi connectivity index (χ0) is 25.6. The molecule has 2 aromatic carbocycles. The number of nitrogens with one attached hydrogen (secondary N) is 2. The first kappa shape index (κ1) is 24.7. The van der Waals surface area contributed by atoms with E-state index in [-0.39, 0.29) is 22.5 Å². The monoisotopic (exact) mass is 551 g/mol.